The summed E-state index contributed by atoms with van der Waals surface area (Å²) in [5.74, 6) is -0.897. The molecule has 0 saturated heterocycles. The van der Waals surface area contributed by atoms with Crippen molar-refractivity contribution in [3.63, 3.8) is 0 Å². The predicted octanol–water partition coefficient (Wildman–Crippen LogP) is 1.35. The summed E-state index contributed by atoms with van der Waals surface area (Å²) in [4.78, 5) is 13.5. The van der Waals surface area contributed by atoms with Crippen molar-refractivity contribution in [2.75, 3.05) is 0 Å². The Morgan fingerprint density at radius 2 is 2.08 bits per heavy atom. The van der Waals surface area contributed by atoms with Crippen LogP contribution in [-0.4, -0.2) is 11.1 Å². The minimum Gasteiger partial charge on any atom is -0.478 e. The van der Waals surface area contributed by atoms with E-state index in [4.69, 9.17) is 5.11 Å². The molecule has 2 N–H and O–H groups in total. The zero-order valence-electron chi connectivity index (χ0n) is 6.82. The fraction of sp³-hybridized carbons (Fsp3) is 0. The molecule has 64 valence electrons. The summed E-state index contributed by atoms with van der Waals surface area (Å²) in [5, 5.41) is 10.7. The van der Waals surface area contributed by atoms with Gasteiger partial charge in [-0.1, -0.05) is 6.07 Å². The molecule has 1 heterocycles. The molecule has 2 rings (SSSR count). The molecule has 0 atom stereocenters. The van der Waals surface area contributed by atoms with Gasteiger partial charge in [0.15, 0.2) is 12.4 Å². The molecule has 13 heavy (non-hydrogen) atoms. The first kappa shape index (κ1) is 7.73. The van der Waals surface area contributed by atoms with E-state index in [1.165, 1.54) is 0 Å². The maximum atomic E-state index is 10.6. The average Bonchev–Trinajstić information content (AvgIpc) is 2.17. The van der Waals surface area contributed by atoms with Gasteiger partial charge >= 0.3 is 5.97 Å². The molecule has 0 aliphatic carbocycles. The van der Waals surface area contributed by atoms with Crippen LogP contribution in [0.15, 0.2) is 36.7 Å². The molecule has 1 aromatic carbocycles. The fourth-order valence-electron chi connectivity index (χ4n) is 1.26. The Hall–Kier alpha value is -1.90. The van der Waals surface area contributed by atoms with E-state index in [1.807, 2.05) is 12.3 Å². The maximum Gasteiger partial charge on any atom is 0.335 e. The van der Waals surface area contributed by atoms with Crippen LogP contribution in [0.3, 0.4) is 0 Å². The highest BCUT2D eigenvalue weighted by Crippen LogP contribution is 2.12. The second-order valence-corrected chi connectivity index (χ2v) is 2.79. The zero-order chi connectivity index (χ0) is 9.26. The van der Waals surface area contributed by atoms with Gasteiger partial charge in [0.2, 0.25) is 0 Å². The summed E-state index contributed by atoms with van der Waals surface area (Å²) in [6, 6.07) is 6.95. The number of pyridine rings is 1. The second kappa shape index (κ2) is 2.86. The fourth-order valence-corrected chi connectivity index (χ4v) is 1.26. The normalized spacial score (nSPS) is 10.2. The molecule has 1 aromatic heterocycles. The van der Waals surface area contributed by atoms with E-state index in [1.54, 1.807) is 24.4 Å². The topological polar surface area (TPSA) is 51.4 Å². The number of hydrogen-bond acceptors (Lipinski definition) is 1. The molecule has 0 aliphatic heterocycles. The number of rotatable bonds is 1. The van der Waals surface area contributed by atoms with Crippen molar-refractivity contribution in [1.82, 2.24) is 0 Å². The number of fused-ring (bicyclic) bond motifs is 1. The molecule has 0 amide bonds. The van der Waals surface area contributed by atoms with E-state index in [2.05, 4.69) is 4.98 Å². The van der Waals surface area contributed by atoms with Crippen molar-refractivity contribution in [2.45, 2.75) is 0 Å². The summed E-state index contributed by atoms with van der Waals surface area (Å²) >= 11 is 0. The number of carboxylic acid groups (broad SMARTS) is 1. The minimum atomic E-state index is -0.897. The summed E-state index contributed by atoms with van der Waals surface area (Å²) in [6.07, 6.45) is 3.59. The van der Waals surface area contributed by atoms with E-state index in [0.717, 1.165) is 10.8 Å². The molecule has 0 spiro atoms. The van der Waals surface area contributed by atoms with Crippen LogP contribution < -0.4 is 4.98 Å². The Morgan fingerprint density at radius 1 is 1.23 bits per heavy atom. The van der Waals surface area contributed by atoms with Crippen LogP contribution in [0.2, 0.25) is 0 Å². The van der Waals surface area contributed by atoms with Crippen LogP contribution in [0.1, 0.15) is 10.4 Å². The van der Waals surface area contributed by atoms with Crippen LogP contribution in [0.5, 0.6) is 0 Å². The van der Waals surface area contributed by atoms with Gasteiger partial charge in [-0.15, -0.1) is 0 Å². The van der Waals surface area contributed by atoms with Crippen molar-refractivity contribution < 1.29 is 14.9 Å². The van der Waals surface area contributed by atoms with Crippen LogP contribution in [-0.2, 0) is 0 Å². The first-order valence-electron chi connectivity index (χ1n) is 3.90. The molecule has 0 fully saturated rings. The quantitative estimate of drug-likeness (QED) is 0.709. The third-order valence-electron chi connectivity index (χ3n) is 1.93. The first-order valence-corrected chi connectivity index (χ1v) is 3.90. The van der Waals surface area contributed by atoms with Gasteiger partial charge in [-0.05, 0) is 17.5 Å². The monoisotopic (exact) mass is 174 g/mol. The number of hydrogen-bond donors (Lipinski definition) is 1. The molecule has 3 heteroatoms. The Labute approximate surface area is 74.7 Å². The van der Waals surface area contributed by atoms with Gasteiger partial charge in [0.05, 0.1) is 5.56 Å². The average molecular weight is 174 g/mol. The van der Waals surface area contributed by atoms with E-state index >= 15 is 0 Å². The van der Waals surface area contributed by atoms with E-state index in [0.29, 0.717) is 5.56 Å². The van der Waals surface area contributed by atoms with E-state index in [-0.39, 0.29) is 0 Å². The number of H-pyrrole nitrogens is 1. The third kappa shape index (κ3) is 1.36. The molecular weight excluding hydrogens is 166 g/mol. The molecular formula is C10H8NO2+. The number of aromatic amines is 1. The molecule has 0 aliphatic rings. The predicted molar refractivity (Wildman–Crippen MR) is 47.5 cm³/mol. The highest BCUT2D eigenvalue weighted by Gasteiger charge is 2.03. The number of nitrogens with one attached hydrogen (secondary N) is 1. The Bertz CT molecular complexity index is 465. The van der Waals surface area contributed by atoms with Gasteiger partial charge in [0, 0.05) is 11.5 Å². The lowest BCUT2D eigenvalue weighted by atomic mass is 10.1. The van der Waals surface area contributed by atoms with Crippen LogP contribution in [0.4, 0.5) is 0 Å². The Balaban J connectivity index is 2.69. The van der Waals surface area contributed by atoms with Crippen molar-refractivity contribution in [3.05, 3.63) is 42.2 Å². The summed E-state index contributed by atoms with van der Waals surface area (Å²) < 4.78 is 0. The van der Waals surface area contributed by atoms with Crippen molar-refractivity contribution >= 4 is 16.7 Å². The van der Waals surface area contributed by atoms with Crippen molar-refractivity contribution in [3.8, 4) is 0 Å². The lowest BCUT2D eigenvalue weighted by Gasteiger charge is -1.95. The van der Waals surface area contributed by atoms with Crippen molar-refractivity contribution in [2.24, 2.45) is 0 Å². The van der Waals surface area contributed by atoms with Gasteiger partial charge in [0.25, 0.3) is 0 Å². The molecule has 0 radical (unpaired) electrons. The number of benzene rings is 1. The van der Waals surface area contributed by atoms with Gasteiger partial charge < -0.3 is 5.11 Å². The lowest BCUT2D eigenvalue weighted by Crippen LogP contribution is -1.99. The van der Waals surface area contributed by atoms with Crippen LogP contribution in [0, 0.1) is 0 Å². The number of carboxylic acids is 1. The van der Waals surface area contributed by atoms with Crippen LogP contribution >= 0.6 is 0 Å². The lowest BCUT2D eigenvalue weighted by molar-refractivity contribution is -0.375. The Morgan fingerprint density at radius 3 is 2.85 bits per heavy atom. The van der Waals surface area contributed by atoms with Gasteiger partial charge in [-0.25, -0.2) is 9.78 Å². The molecule has 3 nitrogen and oxygen atoms in total. The van der Waals surface area contributed by atoms with Crippen LogP contribution in [0.25, 0.3) is 10.8 Å². The maximum absolute atomic E-state index is 10.6. The smallest absolute Gasteiger partial charge is 0.335 e. The standard InChI is InChI=1S/C10H7NO2/c12-10(13)8-2-1-7-3-4-11-6-9(7)5-8/h1-6H,(H,12,13)/p+1. The summed E-state index contributed by atoms with van der Waals surface area (Å²) in [5.41, 5.74) is 0.312. The van der Waals surface area contributed by atoms with E-state index in [9.17, 15) is 4.79 Å². The third-order valence-corrected chi connectivity index (χ3v) is 1.93. The van der Waals surface area contributed by atoms with Gasteiger partial charge in [0.1, 0.15) is 0 Å². The second-order valence-electron chi connectivity index (χ2n) is 2.79. The molecule has 0 saturated carbocycles. The summed E-state index contributed by atoms with van der Waals surface area (Å²) in [7, 11) is 0. The van der Waals surface area contributed by atoms with E-state index < -0.39 is 5.97 Å². The molecule has 0 bridgehead atoms. The number of carbonyl (C=O) groups is 1. The van der Waals surface area contributed by atoms with Gasteiger partial charge in [-0.2, -0.15) is 0 Å². The SMILES string of the molecule is O=C(O)c1ccc2cc[nH+]cc2c1. The number of aromatic nitrogens is 1. The van der Waals surface area contributed by atoms with Crippen molar-refractivity contribution in [1.29, 1.82) is 0 Å². The highest BCUT2D eigenvalue weighted by atomic mass is 16.4. The zero-order valence-corrected chi connectivity index (χ0v) is 6.82. The molecule has 0 unspecified atom stereocenters. The molecule has 2 aromatic rings. The minimum absolute atomic E-state index is 0.312. The number of aromatic carboxylic acids is 1. The Kier molecular flexibility index (Phi) is 1.70. The largest absolute Gasteiger partial charge is 0.478 e. The first-order chi connectivity index (χ1) is 6.27. The van der Waals surface area contributed by atoms with Gasteiger partial charge in [-0.3, -0.25) is 0 Å². The highest BCUT2D eigenvalue weighted by molar-refractivity contribution is 5.93. The summed E-state index contributed by atoms with van der Waals surface area (Å²) in [6.45, 7) is 0.